The Labute approximate surface area is 146 Å². The summed E-state index contributed by atoms with van der Waals surface area (Å²) in [5, 5.41) is 9.08. The zero-order valence-corrected chi connectivity index (χ0v) is 14.0. The lowest BCUT2D eigenvalue weighted by molar-refractivity contribution is 0.0696. The third-order valence-corrected chi connectivity index (χ3v) is 4.46. The molecule has 3 rings (SSSR count). The molecule has 1 atom stereocenters. The van der Waals surface area contributed by atoms with Crippen LogP contribution in [0.4, 0.5) is 0 Å². The quantitative estimate of drug-likeness (QED) is 0.904. The monoisotopic (exact) mass is 340 g/mol. The lowest BCUT2D eigenvalue weighted by Crippen LogP contribution is -2.29. The fourth-order valence-electron chi connectivity index (χ4n) is 3.17. The Morgan fingerprint density at radius 1 is 1.32 bits per heavy atom. The van der Waals surface area contributed by atoms with Crippen LogP contribution in [0.1, 0.15) is 32.8 Å². The molecule has 1 aliphatic heterocycles. The van der Waals surface area contributed by atoms with Gasteiger partial charge in [-0.05, 0) is 42.5 Å². The van der Waals surface area contributed by atoms with Crippen molar-refractivity contribution < 1.29 is 19.4 Å². The predicted octanol–water partition coefficient (Wildman–Crippen LogP) is 2.49. The number of ether oxygens (including phenoxy) is 1. The van der Waals surface area contributed by atoms with E-state index in [4.69, 9.17) is 9.84 Å². The summed E-state index contributed by atoms with van der Waals surface area (Å²) < 4.78 is 5.14. The molecular formula is C19H20N2O4. The van der Waals surface area contributed by atoms with Gasteiger partial charge in [-0.1, -0.05) is 12.1 Å². The first-order chi connectivity index (χ1) is 12.1. The van der Waals surface area contributed by atoms with Gasteiger partial charge in [-0.2, -0.15) is 0 Å². The molecule has 0 radical (unpaired) electrons. The van der Waals surface area contributed by atoms with Gasteiger partial charge >= 0.3 is 5.97 Å². The van der Waals surface area contributed by atoms with Crippen LogP contribution in [0, 0.1) is 5.92 Å². The van der Waals surface area contributed by atoms with Crippen molar-refractivity contribution in [3.05, 3.63) is 59.4 Å². The molecule has 0 saturated carbocycles. The number of carbonyl (C=O) groups is 2. The maximum absolute atomic E-state index is 12.6. The molecule has 25 heavy (non-hydrogen) atoms. The number of amides is 1. The van der Waals surface area contributed by atoms with E-state index in [9.17, 15) is 9.59 Å². The number of benzene rings is 1. The molecule has 2 heterocycles. The molecule has 1 unspecified atom stereocenters. The van der Waals surface area contributed by atoms with Crippen molar-refractivity contribution >= 4 is 11.9 Å². The van der Waals surface area contributed by atoms with Crippen LogP contribution in [0.5, 0.6) is 5.75 Å². The van der Waals surface area contributed by atoms with E-state index in [1.807, 2.05) is 6.07 Å². The average Bonchev–Trinajstić information content (AvgIpc) is 3.09. The van der Waals surface area contributed by atoms with Crippen molar-refractivity contribution in [2.75, 3.05) is 20.2 Å². The number of methoxy groups -OCH3 is 1. The smallest absolute Gasteiger partial charge is 0.335 e. The molecule has 130 valence electrons. The highest BCUT2D eigenvalue weighted by Crippen LogP contribution is 2.23. The van der Waals surface area contributed by atoms with Crippen LogP contribution >= 0.6 is 0 Å². The van der Waals surface area contributed by atoms with Crippen molar-refractivity contribution in [3.8, 4) is 5.75 Å². The molecule has 1 aliphatic rings. The molecule has 2 aromatic rings. The first kappa shape index (κ1) is 17.0. The fraction of sp³-hybridized carbons (Fsp3) is 0.316. The molecule has 1 aromatic carbocycles. The molecule has 0 bridgehead atoms. The minimum absolute atomic E-state index is 0.0966. The van der Waals surface area contributed by atoms with Crippen molar-refractivity contribution in [1.29, 1.82) is 0 Å². The highest BCUT2D eigenvalue weighted by atomic mass is 16.5. The summed E-state index contributed by atoms with van der Waals surface area (Å²) in [5.41, 5.74) is 1.66. The number of nitrogens with zero attached hydrogens (tertiary/aromatic N) is 2. The van der Waals surface area contributed by atoms with Crippen LogP contribution in [-0.4, -0.2) is 47.1 Å². The molecule has 1 N–H and O–H groups in total. The number of carbonyl (C=O) groups excluding carboxylic acids is 1. The number of rotatable bonds is 5. The van der Waals surface area contributed by atoms with Crippen LogP contribution in [0.2, 0.25) is 0 Å². The Morgan fingerprint density at radius 3 is 2.92 bits per heavy atom. The Morgan fingerprint density at radius 2 is 2.16 bits per heavy atom. The zero-order chi connectivity index (χ0) is 17.8. The van der Waals surface area contributed by atoms with E-state index in [-0.39, 0.29) is 5.91 Å². The zero-order valence-electron chi connectivity index (χ0n) is 14.0. The van der Waals surface area contributed by atoms with Gasteiger partial charge in [0.1, 0.15) is 11.4 Å². The Balaban J connectivity index is 1.64. The second kappa shape index (κ2) is 7.34. The number of aromatic nitrogens is 1. The molecule has 6 heteroatoms. The summed E-state index contributed by atoms with van der Waals surface area (Å²) in [5.74, 6) is -0.0898. The van der Waals surface area contributed by atoms with Gasteiger partial charge in [0.15, 0.2) is 0 Å². The molecule has 0 aliphatic carbocycles. The Kier molecular flexibility index (Phi) is 4.97. The number of likely N-dealkylation sites (tertiary alicyclic amines) is 1. The Hall–Kier alpha value is -2.89. The van der Waals surface area contributed by atoms with Gasteiger partial charge in [-0.25, -0.2) is 4.79 Å². The maximum atomic E-state index is 12.6. The SMILES string of the molecule is COc1ccnc(C(=O)N2CCC(Cc3cccc(C(=O)O)c3)C2)c1. The van der Waals surface area contributed by atoms with Gasteiger partial charge < -0.3 is 14.7 Å². The number of pyridine rings is 1. The van der Waals surface area contributed by atoms with Gasteiger partial charge in [0.2, 0.25) is 0 Å². The van der Waals surface area contributed by atoms with E-state index in [1.165, 1.54) is 0 Å². The lowest BCUT2D eigenvalue weighted by Gasteiger charge is -2.16. The minimum Gasteiger partial charge on any atom is -0.497 e. The first-order valence-corrected chi connectivity index (χ1v) is 8.18. The highest BCUT2D eigenvalue weighted by molar-refractivity contribution is 5.92. The third kappa shape index (κ3) is 3.96. The summed E-state index contributed by atoms with van der Waals surface area (Å²) in [7, 11) is 1.56. The van der Waals surface area contributed by atoms with E-state index in [0.29, 0.717) is 36.0 Å². The molecule has 6 nitrogen and oxygen atoms in total. The molecule has 1 saturated heterocycles. The van der Waals surface area contributed by atoms with Crippen LogP contribution in [-0.2, 0) is 6.42 Å². The normalized spacial score (nSPS) is 16.7. The summed E-state index contributed by atoms with van der Waals surface area (Å²) in [6.07, 6.45) is 3.22. The molecular weight excluding hydrogens is 320 g/mol. The second-order valence-corrected chi connectivity index (χ2v) is 6.20. The van der Waals surface area contributed by atoms with E-state index >= 15 is 0 Å². The van der Waals surface area contributed by atoms with Gasteiger partial charge in [-0.3, -0.25) is 9.78 Å². The van der Waals surface area contributed by atoms with Crippen LogP contribution in [0.15, 0.2) is 42.6 Å². The van der Waals surface area contributed by atoms with Crippen LogP contribution in [0.3, 0.4) is 0 Å². The van der Waals surface area contributed by atoms with E-state index in [2.05, 4.69) is 4.98 Å². The number of aromatic carboxylic acids is 1. The maximum Gasteiger partial charge on any atom is 0.335 e. The topological polar surface area (TPSA) is 79.7 Å². The summed E-state index contributed by atoms with van der Waals surface area (Å²) >= 11 is 0. The average molecular weight is 340 g/mol. The van der Waals surface area contributed by atoms with Gasteiger partial charge in [0.25, 0.3) is 5.91 Å². The van der Waals surface area contributed by atoms with Gasteiger partial charge in [0.05, 0.1) is 12.7 Å². The largest absolute Gasteiger partial charge is 0.497 e. The highest BCUT2D eigenvalue weighted by Gasteiger charge is 2.28. The number of carboxylic acids is 1. The van der Waals surface area contributed by atoms with Crippen molar-refractivity contribution in [2.24, 2.45) is 5.92 Å². The van der Waals surface area contributed by atoms with E-state index in [0.717, 1.165) is 18.4 Å². The lowest BCUT2D eigenvalue weighted by atomic mass is 9.97. The fourth-order valence-corrected chi connectivity index (χ4v) is 3.17. The summed E-state index contributed by atoms with van der Waals surface area (Å²) in [4.78, 5) is 29.6. The third-order valence-electron chi connectivity index (χ3n) is 4.46. The van der Waals surface area contributed by atoms with Crippen LogP contribution in [0.25, 0.3) is 0 Å². The van der Waals surface area contributed by atoms with Gasteiger partial charge in [0, 0.05) is 25.4 Å². The molecule has 1 aromatic heterocycles. The molecule has 1 amide bonds. The molecule has 0 spiro atoms. The first-order valence-electron chi connectivity index (χ1n) is 8.18. The van der Waals surface area contributed by atoms with Gasteiger partial charge in [-0.15, -0.1) is 0 Å². The van der Waals surface area contributed by atoms with E-state index in [1.54, 1.807) is 48.5 Å². The molecule has 1 fully saturated rings. The van der Waals surface area contributed by atoms with Crippen molar-refractivity contribution in [1.82, 2.24) is 9.88 Å². The standard InChI is InChI=1S/C19H20N2O4/c1-25-16-5-7-20-17(11-16)18(22)21-8-6-14(12-21)9-13-3-2-4-15(10-13)19(23)24/h2-5,7,10-11,14H,6,8-9,12H2,1H3,(H,23,24). The second-order valence-electron chi connectivity index (χ2n) is 6.20. The van der Waals surface area contributed by atoms with Crippen molar-refractivity contribution in [2.45, 2.75) is 12.8 Å². The van der Waals surface area contributed by atoms with Crippen LogP contribution < -0.4 is 4.74 Å². The predicted molar refractivity (Wildman–Crippen MR) is 91.9 cm³/mol. The van der Waals surface area contributed by atoms with Crippen molar-refractivity contribution in [3.63, 3.8) is 0 Å². The number of carboxylic acid groups (broad SMARTS) is 1. The van der Waals surface area contributed by atoms with E-state index < -0.39 is 5.97 Å². The number of hydrogen-bond donors (Lipinski definition) is 1. The Bertz CT molecular complexity index is 790. The number of hydrogen-bond acceptors (Lipinski definition) is 4. The summed E-state index contributed by atoms with van der Waals surface area (Å²) in [6, 6.07) is 10.3. The minimum atomic E-state index is -0.922. The summed E-state index contributed by atoms with van der Waals surface area (Å²) in [6.45, 7) is 1.33.